The van der Waals surface area contributed by atoms with E-state index in [1.165, 1.54) is 0 Å². The fourth-order valence-electron chi connectivity index (χ4n) is 2.63. The second kappa shape index (κ2) is 5.88. The molecular weight excluding hydrogens is 300 g/mol. The summed E-state index contributed by atoms with van der Waals surface area (Å²) < 4.78 is 13.4. The van der Waals surface area contributed by atoms with Crippen LogP contribution in [0.25, 0.3) is 22.0 Å². The predicted molar refractivity (Wildman–Crippen MR) is 84.4 cm³/mol. The van der Waals surface area contributed by atoms with Crippen molar-refractivity contribution in [1.29, 1.82) is 0 Å². The molecule has 3 aromatic rings. The molecule has 0 spiro atoms. The third-order valence-electron chi connectivity index (χ3n) is 3.72. The number of aryl methyl sites for hydroxylation is 2. The van der Waals surface area contributed by atoms with Gasteiger partial charge in [-0.05, 0) is 6.92 Å². The number of nitrogens with one attached hydrogen (secondary N) is 1. The topological polar surface area (TPSA) is 91.3 Å². The third kappa shape index (κ3) is 2.61. The lowest BCUT2D eigenvalue weighted by Crippen LogP contribution is -2.35. The van der Waals surface area contributed by atoms with Gasteiger partial charge in [0.05, 0.1) is 23.7 Å². The van der Waals surface area contributed by atoms with Gasteiger partial charge in [0.2, 0.25) is 5.91 Å². The monoisotopic (exact) mass is 318 g/mol. The molecule has 1 amide bonds. The molecule has 0 fully saturated rings. The van der Waals surface area contributed by atoms with E-state index in [4.69, 9.17) is 9.15 Å². The highest BCUT2D eigenvalue weighted by Crippen LogP contribution is 2.27. The molecule has 0 aromatic carbocycles. The van der Waals surface area contributed by atoms with Crippen LogP contribution in [0.3, 0.4) is 0 Å². The van der Waals surface area contributed by atoms with Crippen LogP contribution in [0.5, 0.6) is 0 Å². The molecule has 8 nitrogen and oxygen atoms in total. The fourth-order valence-corrected chi connectivity index (χ4v) is 2.63. The Bertz CT molecular complexity index is 934. The average Bonchev–Trinajstić information content (AvgIpc) is 3.00. The molecule has 3 rings (SSSR count). The van der Waals surface area contributed by atoms with Gasteiger partial charge in [-0.2, -0.15) is 5.10 Å². The lowest BCUT2D eigenvalue weighted by molar-refractivity contribution is -0.122. The molecule has 0 aliphatic carbocycles. The smallest absolute Gasteiger partial charge is 0.291 e. The van der Waals surface area contributed by atoms with E-state index >= 15 is 0 Å². The van der Waals surface area contributed by atoms with Gasteiger partial charge in [-0.25, -0.2) is 4.68 Å². The van der Waals surface area contributed by atoms with Crippen LogP contribution in [0, 0.1) is 6.92 Å². The summed E-state index contributed by atoms with van der Waals surface area (Å²) in [6.45, 7) is 2.53. The number of carbonyl (C=O) groups excluding carboxylic acids is 1. The third-order valence-corrected chi connectivity index (χ3v) is 3.72. The van der Waals surface area contributed by atoms with E-state index < -0.39 is 0 Å². The number of rotatable bonds is 5. The quantitative estimate of drug-likeness (QED) is 0.694. The number of aromatic nitrogens is 3. The van der Waals surface area contributed by atoms with Crippen LogP contribution in [0.4, 0.5) is 0 Å². The van der Waals surface area contributed by atoms with Crippen LogP contribution in [0.2, 0.25) is 0 Å². The zero-order chi connectivity index (χ0) is 16.6. The van der Waals surface area contributed by atoms with Gasteiger partial charge in [0.1, 0.15) is 17.8 Å². The van der Waals surface area contributed by atoms with Crippen LogP contribution >= 0.6 is 0 Å². The molecule has 0 bridgehead atoms. The van der Waals surface area contributed by atoms with Gasteiger partial charge in [-0.3, -0.25) is 9.59 Å². The fraction of sp³-hybridized carbons (Fsp3) is 0.400. The summed E-state index contributed by atoms with van der Waals surface area (Å²) in [6, 6.07) is 1.87. The molecule has 0 aliphatic heterocycles. The van der Waals surface area contributed by atoms with Gasteiger partial charge in [-0.15, -0.1) is 0 Å². The van der Waals surface area contributed by atoms with Crippen molar-refractivity contribution in [3.8, 4) is 0 Å². The Balaban J connectivity index is 1.97. The summed E-state index contributed by atoms with van der Waals surface area (Å²) in [4.78, 5) is 24.4. The van der Waals surface area contributed by atoms with E-state index in [-0.39, 0.29) is 18.0 Å². The molecule has 0 aliphatic rings. The summed E-state index contributed by atoms with van der Waals surface area (Å²) in [6.07, 6.45) is 1.56. The summed E-state index contributed by atoms with van der Waals surface area (Å²) in [5.74, 6) is 0.485. The minimum absolute atomic E-state index is 0.135. The Morgan fingerprint density at radius 2 is 2.26 bits per heavy atom. The number of fused-ring (bicyclic) bond motifs is 3. The number of hydrogen-bond acceptors (Lipinski definition) is 5. The van der Waals surface area contributed by atoms with E-state index in [0.717, 1.165) is 16.0 Å². The Hall–Kier alpha value is -2.61. The van der Waals surface area contributed by atoms with Crippen molar-refractivity contribution in [3.63, 3.8) is 0 Å². The van der Waals surface area contributed by atoms with E-state index in [1.54, 1.807) is 24.9 Å². The van der Waals surface area contributed by atoms with Crippen molar-refractivity contribution in [1.82, 2.24) is 19.7 Å². The minimum atomic E-state index is -0.323. The van der Waals surface area contributed by atoms with Crippen LogP contribution in [0.15, 0.2) is 21.5 Å². The first-order valence-corrected chi connectivity index (χ1v) is 7.23. The number of methoxy groups -OCH3 is 1. The highest BCUT2D eigenvalue weighted by molar-refractivity contribution is 6.04. The Labute approximate surface area is 131 Å². The maximum Gasteiger partial charge on any atom is 0.291 e. The maximum atomic E-state index is 12.6. The van der Waals surface area contributed by atoms with Crippen LogP contribution in [-0.4, -0.2) is 40.5 Å². The zero-order valence-corrected chi connectivity index (χ0v) is 13.3. The number of amides is 1. The standard InChI is InChI=1S/C15H18N4O4/c1-9-6-11-14(23-9)10-7-17-19(15(21)13(10)18(11)2)8-12(20)16-4-5-22-3/h6-7H,4-5,8H2,1-3H3,(H,16,20). The molecule has 122 valence electrons. The summed E-state index contributed by atoms with van der Waals surface area (Å²) >= 11 is 0. The normalized spacial score (nSPS) is 11.4. The van der Waals surface area contributed by atoms with Gasteiger partial charge in [0.25, 0.3) is 5.56 Å². The Kier molecular flexibility index (Phi) is 3.91. The average molecular weight is 318 g/mol. The lowest BCUT2D eigenvalue weighted by Gasteiger charge is -2.06. The van der Waals surface area contributed by atoms with Crippen LogP contribution < -0.4 is 10.9 Å². The molecule has 1 N–H and O–H groups in total. The number of ether oxygens (including phenoxy) is 1. The second-order valence-electron chi connectivity index (χ2n) is 5.34. The summed E-state index contributed by atoms with van der Waals surface area (Å²) in [7, 11) is 3.35. The second-order valence-corrected chi connectivity index (χ2v) is 5.34. The molecule has 0 saturated carbocycles. The first kappa shape index (κ1) is 15.3. The van der Waals surface area contributed by atoms with E-state index in [0.29, 0.717) is 29.6 Å². The SMILES string of the molecule is COCCNC(=O)Cn1ncc2c3oc(C)cc3n(C)c2c1=O. The predicted octanol–water partition coefficient (Wildman–Crippen LogP) is 0.552. The van der Waals surface area contributed by atoms with Gasteiger partial charge in [0, 0.05) is 26.8 Å². The number of hydrogen-bond donors (Lipinski definition) is 1. The highest BCUT2D eigenvalue weighted by atomic mass is 16.5. The lowest BCUT2D eigenvalue weighted by atomic mass is 10.3. The number of carbonyl (C=O) groups is 1. The molecule has 23 heavy (non-hydrogen) atoms. The molecule has 3 heterocycles. The van der Waals surface area contributed by atoms with Crippen molar-refractivity contribution in [3.05, 3.63) is 28.4 Å². The van der Waals surface area contributed by atoms with E-state index in [2.05, 4.69) is 10.4 Å². The van der Waals surface area contributed by atoms with Crippen molar-refractivity contribution in [2.75, 3.05) is 20.3 Å². The molecule has 0 saturated heterocycles. The summed E-state index contributed by atoms with van der Waals surface area (Å²) in [5, 5.41) is 7.40. The molecule has 3 aromatic heterocycles. The Morgan fingerprint density at radius 3 is 3.00 bits per heavy atom. The minimum Gasteiger partial charge on any atom is -0.459 e. The highest BCUT2D eigenvalue weighted by Gasteiger charge is 2.18. The largest absolute Gasteiger partial charge is 0.459 e. The molecule has 0 unspecified atom stereocenters. The maximum absolute atomic E-state index is 12.6. The van der Waals surface area contributed by atoms with Crippen molar-refractivity contribution >= 4 is 27.9 Å². The van der Waals surface area contributed by atoms with Crippen molar-refractivity contribution in [2.24, 2.45) is 7.05 Å². The molecule has 0 atom stereocenters. The first-order chi connectivity index (χ1) is 11.0. The van der Waals surface area contributed by atoms with Gasteiger partial charge in [0.15, 0.2) is 5.58 Å². The molecular formula is C15H18N4O4. The molecule has 8 heteroatoms. The molecule has 0 radical (unpaired) electrons. The van der Waals surface area contributed by atoms with Crippen LogP contribution in [-0.2, 0) is 23.1 Å². The van der Waals surface area contributed by atoms with E-state index in [9.17, 15) is 9.59 Å². The number of furan rings is 1. The Morgan fingerprint density at radius 1 is 1.48 bits per heavy atom. The van der Waals surface area contributed by atoms with Crippen molar-refractivity contribution in [2.45, 2.75) is 13.5 Å². The summed E-state index contributed by atoms with van der Waals surface area (Å²) in [5.41, 5.74) is 1.62. The number of nitrogens with zero attached hydrogens (tertiary/aromatic N) is 3. The zero-order valence-electron chi connectivity index (χ0n) is 13.3. The van der Waals surface area contributed by atoms with Crippen molar-refractivity contribution < 1.29 is 13.9 Å². The van der Waals surface area contributed by atoms with Crippen LogP contribution in [0.1, 0.15) is 5.76 Å². The van der Waals surface area contributed by atoms with E-state index in [1.807, 2.05) is 13.0 Å². The first-order valence-electron chi connectivity index (χ1n) is 7.23. The van der Waals surface area contributed by atoms with Gasteiger partial charge < -0.3 is 19.0 Å². The van der Waals surface area contributed by atoms with Gasteiger partial charge >= 0.3 is 0 Å². The van der Waals surface area contributed by atoms with Gasteiger partial charge in [-0.1, -0.05) is 0 Å².